The van der Waals surface area contributed by atoms with Gasteiger partial charge in [0.15, 0.2) is 0 Å². The first-order chi connectivity index (χ1) is 0. The van der Waals surface area contributed by atoms with Crippen LogP contribution >= 0.6 is 27.0 Å². The molecule has 0 saturated heterocycles. The summed E-state index contributed by atoms with van der Waals surface area (Å²) in [7, 11) is 0. The Labute approximate surface area is 60.9 Å². The van der Waals surface area contributed by atoms with Crippen molar-refractivity contribution in [2.24, 2.45) is 0 Å². The van der Waals surface area contributed by atoms with Crippen LogP contribution in [0.15, 0.2) is 0 Å². The van der Waals surface area contributed by atoms with E-state index in [1.807, 2.05) is 0 Å². The Kier molecular flexibility index (Phi) is 233. The topological polar surface area (TPSA) is 0 Å². The number of rotatable bonds is 0. The fraction of sp³-hybridized carbons (Fsp3) is 0. The molecule has 0 saturated carbocycles. The minimum Gasteiger partial charge on any atom is -0.197 e. The van der Waals surface area contributed by atoms with Gasteiger partial charge in [-0.3, -0.25) is 0 Å². The molecule has 0 unspecified atom stereocenters. The van der Waals surface area contributed by atoms with E-state index in [0.29, 0.717) is 0 Å². The van der Waals surface area contributed by atoms with Crippen molar-refractivity contribution in [1.29, 1.82) is 0 Å². The summed E-state index contributed by atoms with van der Waals surface area (Å²) >= 11 is 0. The molecule has 0 aromatic heterocycles. The van der Waals surface area contributed by atoms with Crippen LogP contribution in [0.5, 0.6) is 0 Å². The number of hydrogen-bond donors (Lipinski definition) is 0. The zero-order valence-electron chi connectivity index (χ0n) is 1.71. The summed E-state index contributed by atoms with van der Waals surface area (Å²) in [5.41, 5.74) is 0. The van der Waals surface area contributed by atoms with Crippen molar-refractivity contribution in [3.63, 3.8) is 0 Å². The Balaban J connectivity index is 0. The van der Waals surface area contributed by atoms with Gasteiger partial charge < -0.3 is 0 Å². The molecule has 4 heavy (non-hydrogen) atoms. The molecule has 0 rings (SSSR count). The molecule has 0 fully saturated rings. The third-order valence-corrected chi connectivity index (χ3v) is 0. The molecule has 32 valence electrons. The second-order valence-electron chi connectivity index (χ2n) is 0. The predicted molar refractivity (Wildman–Crippen MR) is 20.8 cm³/mol. The molecule has 4 heteroatoms. The second kappa shape index (κ2) is 21.9. The van der Waals surface area contributed by atoms with Crippen LogP contribution in [0, 0.1) is 0 Å². The second-order valence-corrected chi connectivity index (χ2v) is 0. The minimum absolute atomic E-state index is 0. The molecular weight excluding hydrogens is 176 g/mol. The molecule has 0 N–H and O–H groups in total. The van der Waals surface area contributed by atoms with E-state index in [1.54, 1.807) is 0 Å². The molecular formula is H4Fe2S2. The third-order valence-electron chi connectivity index (χ3n) is 0. The van der Waals surface area contributed by atoms with Gasteiger partial charge in [0, 0.05) is 34.1 Å². The van der Waals surface area contributed by atoms with Crippen LogP contribution in [-0.2, 0) is 34.1 Å². The summed E-state index contributed by atoms with van der Waals surface area (Å²) in [4.78, 5) is 0. The normalized spacial score (nSPS) is 0. The first kappa shape index (κ1) is 42.6. The van der Waals surface area contributed by atoms with Gasteiger partial charge in [0.05, 0.1) is 0 Å². The van der Waals surface area contributed by atoms with Crippen molar-refractivity contribution in [3.05, 3.63) is 0 Å². The summed E-state index contributed by atoms with van der Waals surface area (Å²) in [6.45, 7) is 0. The Bertz CT molecular complexity index is 4.00. The SMILES string of the molecule is S.S.[Fe].[Fe]. The van der Waals surface area contributed by atoms with Gasteiger partial charge in [-0.1, -0.05) is 0 Å². The molecule has 0 aromatic carbocycles. The van der Waals surface area contributed by atoms with Crippen LogP contribution in [-0.4, -0.2) is 0 Å². The van der Waals surface area contributed by atoms with E-state index >= 15 is 0 Å². The van der Waals surface area contributed by atoms with E-state index in [4.69, 9.17) is 0 Å². The van der Waals surface area contributed by atoms with Crippen molar-refractivity contribution in [2.75, 3.05) is 0 Å². The van der Waals surface area contributed by atoms with Crippen LogP contribution in [0.1, 0.15) is 0 Å². The molecule has 0 aliphatic heterocycles. The van der Waals surface area contributed by atoms with E-state index in [1.165, 1.54) is 0 Å². The summed E-state index contributed by atoms with van der Waals surface area (Å²) < 4.78 is 0. The zero-order chi connectivity index (χ0) is 0. The average Bonchev–Trinajstić information content (AvgIpc) is 0. The summed E-state index contributed by atoms with van der Waals surface area (Å²) in [6.07, 6.45) is 0. The van der Waals surface area contributed by atoms with Crippen molar-refractivity contribution < 1.29 is 34.1 Å². The standard InChI is InChI=1S/2Fe.2H2S/h;;2*1H2. The van der Waals surface area contributed by atoms with Gasteiger partial charge in [-0.2, -0.15) is 27.0 Å². The maximum Gasteiger partial charge on any atom is 0 e. The smallest absolute Gasteiger partial charge is 0 e. The van der Waals surface area contributed by atoms with E-state index in [-0.39, 0.29) is 61.1 Å². The molecule has 0 aliphatic rings. The van der Waals surface area contributed by atoms with Crippen molar-refractivity contribution in [2.45, 2.75) is 0 Å². The monoisotopic (exact) mass is 180 g/mol. The Hall–Kier alpha value is 1.74. The van der Waals surface area contributed by atoms with Gasteiger partial charge in [-0.25, -0.2) is 0 Å². The van der Waals surface area contributed by atoms with E-state index in [2.05, 4.69) is 0 Å². The molecule has 0 amide bonds. The summed E-state index contributed by atoms with van der Waals surface area (Å²) in [5.74, 6) is 0. The third kappa shape index (κ3) is 9.28. The van der Waals surface area contributed by atoms with E-state index < -0.39 is 0 Å². The first-order valence-electron chi connectivity index (χ1n) is 0. The Morgan fingerprint density at radius 1 is 0.500 bits per heavy atom. The minimum atomic E-state index is 0. The molecule has 0 aromatic rings. The largest absolute Gasteiger partial charge is 0.197 e. The van der Waals surface area contributed by atoms with Gasteiger partial charge >= 0.3 is 0 Å². The summed E-state index contributed by atoms with van der Waals surface area (Å²) in [5, 5.41) is 0. The molecule has 0 bridgehead atoms. The molecule has 0 aliphatic carbocycles. The van der Waals surface area contributed by atoms with Crippen LogP contribution < -0.4 is 0 Å². The van der Waals surface area contributed by atoms with Crippen molar-refractivity contribution in [1.82, 2.24) is 0 Å². The molecule has 0 spiro atoms. The quantitative estimate of drug-likeness (QED) is 0.467. The first-order valence-corrected chi connectivity index (χ1v) is 0. The van der Waals surface area contributed by atoms with Crippen LogP contribution in [0.3, 0.4) is 0 Å². The van der Waals surface area contributed by atoms with Crippen molar-refractivity contribution >= 4 is 27.0 Å². The van der Waals surface area contributed by atoms with Gasteiger partial charge in [0.1, 0.15) is 0 Å². The average molecular weight is 180 g/mol. The van der Waals surface area contributed by atoms with Gasteiger partial charge in [0.2, 0.25) is 0 Å². The molecule has 0 nitrogen and oxygen atoms in total. The Morgan fingerprint density at radius 3 is 0.500 bits per heavy atom. The fourth-order valence-corrected chi connectivity index (χ4v) is 0. The molecule has 0 atom stereocenters. The fourth-order valence-electron chi connectivity index (χ4n) is 0. The van der Waals surface area contributed by atoms with Gasteiger partial charge in [0.25, 0.3) is 0 Å². The van der Waals surface area contributed by atoms with Gasteiger partial charge in [-0.05, 0) is 0 Å². The molecule has 0 heterocycles. The zero-order valence-corrected chi connectivity index (χ0v) is 5.92. The summed E-state index contributed by atoms with van der Waals surface area (Å²) in [6, 6.07) is 0. The van der Waals surface area contributed by atoms with Crippen LogP contribution in [0.4, 0.5) is 0 Å². The molecule has 0 radical (unpaired) electrons. The van der Waals surface area contributed by atoms with E-state index in [9.17, 15) is 0 Å². The van der Waals surface area contributed by atoms with Crippen LogP contribution in [0.2, 0.25) is 0 Å². The Morgan fingerprint density at radius 2 is 0.500 bits per heavy atom. The van der Waals surface area contributed by atoms with Crippen molar-refractivity contribution in [3.8, 4) is 0 Å². The number of hydrogen-bond acceptors (Lipinski definition) is 0. The van der Waals surface area contributed by atoms with Gasteiger partial charge in [-0.15, -0.1) is 0 Å². The predicted octanol–water partition coefficient (Wildman–Crippen LogP) is 0.221. The van der Waals surface area contributed by atoms with Crippen LogP contribution in [0.25, 0.3) is 0 Å². The maximum atomic E-state index is 0. The van der Waals surface area contributed by atoms with E-state index in [0.717, 1.165) is 0 Å². The maximum absolute atomic E-state index is 0.